The van der Waals surface area contributed by atoms with Crippen LogP contribution in [0.25, 0.3) is 11.3 Å². The van der Waals surface area contributed by atoms with E-state index < -0.39 is 0 Å². The first-order valence-electron chi connectivity index (χ1n) is 6.57. The highest BCUT2D eigenvalue weighted by molar-refractivity contribution is 5.65. The van der Waals surface area contributed by atoms with Gasteiger partial charge in [-0.25, -0.2) is 0 Å². The molecule has 0 aliphatic carbocycles. The second-order valence-electron chi connectivity index (χ2n) is 5.50. The first kappa shape index (κ1) is 12.8. The third-order valence-electron chi connectivity index (χ3n) is 3.73. The Bertz CT molecular complexity index is 527. The Balaban J connectivity index is 2.62. The number of rotatable bonds is 3. The van der Waals surface area contributed by atoms with Crippen LogP contribution >= 0.6 is 0 Å². The van der Waals surface area contributed by atoms with Crippen molar-refractivity contribution < 1.29 is 0 Å². The Kier molecular flexibility index (Phi) is 3.51. The molecular weight excluding hydrogens is 218 g/mol. The predicted octanol–water partition coefficient (Wildman–Crippen LogP) is 4.74. The van der Waals surface area contributed by atoms with Gasteiger partial charge in [-0.3, -0.25) is 4.98 Å². The van der Waals surface area contributed by atoms with E-state index in [4.69, 9.17) is 0 Å². The van der Waals surface area contributed by atoms with Crippen LogP contribution in [-0.2, 0) is 5.41 Å². The number of hydrogen-bond acceptors (Lipinski definition) is 1. The molecule has 2 aromatic rings. The summed E-state index contributed by atoms with van der Waals surface area (Å²) in [5.41, 5.74) is 5.20. The largest absolute Gasteiger partial charge is 0.256 e. The van der Waals surface area contributed by atoms with Crippen molar-refractivity contribution in [3.05, 3.63) is 53.7 Å². The lowest BCUT2D eigenvalue weighted by molar-refractivity contribution is 0.507. The second-order valence-corrected chi connectivity index (χ2v) is 5.50. The average Bonchev–Trinajstić information content (AvgIpc) is 2.39. The summed E-state index contributed by atoms with van der Waals surface area (Å²) in [5, 5.41) is 0. The Hall–Kier alpha value is -1.63. The maximum absolute atomic E-state index is 4.49. The molecule has 0 unspecified atom stereocenters. The van der Waals surface area contributed by atoms with Gasteiger partial charge in [-0.15, -0.1) is 0 Å². The summed E-state index contributed by atoms with van der Waals surface area (Å²) in [5.74, 6) is 0. The summed E-state index contributed by atoms with van der Waals surface area (Å²) in [4.78, 5) is 4.49. The number of pyridine rings is 1. The van der Waals surface area contributed by atoms with Crippen LogP contribution in [0.3, 0.4) is 0 Å². The maximum Gasteiger partial charge on any atom is 0.0704 e. The van der Waals surface area contributed by atoms with Crippen molar-refractivity contribution in [1.29, 1.82) is 0 Å². The highest BCUT2D eigenvalue weighted by Gasteiger charge is 2.22. The van der Waals surface area contributed by atoms with Crippen molar-refractivity contribution >= 4 is 0 Å². The molecule has 0 aliphatic heterocycles. The Morgan fingerprint density at radius 3 is 2.50 bits per heavy atom. The third-order valence-corrected chi connectivity index (χ3v) is 3.73. The van der Waals surface area contributed by atoms with Gasteiger partial charge in [0.05, 0.1) is 5.69 Å². The van der Waals surface area contributed by atoms with Crippen LogP contribution < -0.4 is 0 Å². The topological polar surface area (TPSA) is 12.9 Å². The molecule has 0 saturated heterocycles. The molecule has 0 amide bonds. The first-order valence-corrected chi connectivity index (χ1v) is 6.57. The van der Waals surface area contributed by atoms with Gasteiger partial charge in [0.2, 0.25) is 0 Å². The fraction of sp³-hybridized carbons (Fsp3) is 0.353. The Labute approximate surface area is 110 Å². The van der Waals surface area contributed by atoms with Gasteiger partial charge < -0.3 is 0 Å². The van der Waals surface area contributed by atoms with Gasteiger partial charge in [0.1, 0.15) is 0 Å². The number of hydrogen-bond donors (Lipinski definition) is 0. The van der Waals surface area contributed by atoms with Crippen molar-refractivity contribution in [2.24, 2.45) is 0 Å². The van der Waals surface area contributed by atoms with Gasteiger partial charge in [-0.2, -0.15) is 0 Å². The van der Waals surface area contributed by atoms with Crippen molar-refractivity contribution in [3.63, 3.8) is 0 Å². The van der Waals surface area contributed by atoms with Crippen LogP contribution in [0, 0.1) is 6.92 Å². The number of aromatic nitrogens is 1. The maximum atomic E-state index is 4.49. The molecule has 1 heteroatoms. The zero-order valence-electron chi connectivity index (χ0n) is 11.7. The molecule has 1 aromatic heterocycles. The normalized spacial score (nSPS) is 11.6. The fourth-order valence-electron chi connectivity index (χ4n) is 2.15. The van der Waals surface area contributed by atoms with Gasteiger partial charge in [0.15, 0.2) is 0 Å². The fourth-order valence-corrected chi connectivity index (χ4v) is 2.15. The molecule has 0 aliphatic rings. The molecule has 0 saturated carbocycles. The second kappa shape index (κ2) is 4.93. The summed E-state index contributed by atoms with van der Waals surface area (Å²) in [7, 11) is 0. The van der Waals surface area contributed by atoms with E-state index >= 15 is 0 Å². The summed E-state index contributed by atoms with van der Waals surface area (Å²) in [6.07, 6.45) is 2.98. The van der Waals surface area contributed by atoms with E-state index in [-0.39, 0.29) is 5.41 Å². The van der Waals surface area contributed by atoms with Gasteiger partial charge in [-0.1, -0.05) is 50.6 Å². The van der Waals surface area contributed by atoms with E-state index in [1.165, 1.54) is 16.7 Å². The smallest absolute Gasteiger partial charge is 0.0704 e. The zero-order chi connectivity index (χ0) is 13.2. The molecule has 1 nitrogen and oxygen atoms in total. The lowest BCUT2D eigenvalue weighted by Crippen LogP contribution is -2.17. The number of nitrogens with zero attached hydrogens (tertiary/aromatic N) is 1. The molecule has 2 rings (SSSR count). The molecule has 94 valence electrons. The highest BCUT2D eigenvalue weighted by Crippen LogP contribution is 2.35. The highest BCUT2D eigenvalue weighted by atomic mass is 14.7. The van der Waals surface area contributed by atoms with Crippen LogP contribution in [-0.4, -0.2) is 4.98 Å². The SMILES string of the molecule is CCC(C)(C)c1cc(C)ccc1-c1ccccn1. The van der Waals surface area contributed by atoms with Crippen molar-refractivity contribution in [1.82, 2.24) is 4.98 Å². The Morgan fingerprint density at radius 2 is 1.89 bits per heavy atom. The summed E-state index contributed by atoms with van der Waals surface area (Å²) >= 11 is 0. The molecule has 0 fully saturated rings. The standard InChI is InChI=1S/C17H21N/c1-5-17(3,4)15-12-13(2)9-10-14(15)16-8-6-7-11-18-16/h6-12H,5H2,1-4H3. The quantitative estimate of drug-likeness (QED) is 0.753. The molecule has 0 spiro atoms. The zero-order valence-corrected chi connectivity index (χ0v) is 11.7. The summed E-state index contributed by atoms with van der Waals surface area (Å²) in [6, 6.07) is 12.8. The van der Waals surface area contributed by atoms with E-state index in [1.807, 2.05) is 18.3 Å². The van der Waals surface area contributed by atoms with E-state index in [1.54, 1.807) is 0 Å². The Morgan fingerprint density at radius 1 is 1.11 bits per heavy atom. The monoisotopic (exact) mass is 239 g/mol. The summed E-state index contributed by atoms with van der Waals surface area (Å²) < 4.78 is 0. The van der Waals surface area contributed by atoms with Gasteiger partial charge >= 0.3 is 0 Å². The first-order chi connectivity index (χ1) is 8.54. The van der Waals surface area contributed by atoms with Crippen LogP contribution in [0.2, 0.25) is 0 Å². The van der Waals surface area contributed by atoms with Gasteiger partial charge in [-0.05, 0) is 36.5 Å². The van der Waals surface area contributed by atoms with Gasteiger partial charge in [0, 0.05) is 11.8 Å². The molecule has 18 heavy (non-hydrogen) atoms. The van der Waals surface area contributed by atoms with Gasteiger partial charge in [0.25, 0.3) is 0 Å². The summed E-state index contributed by atoms with van der Waals surface area (Å²) in [6.45, 7) is 8.99. The minimum absolute atomic E-state index is 0.179. The molecule has 0 N–H and O–H groups in total. The molecule has 0 atom stereocenters. The average molecular weight is 239 g/mol. The lowest BCUT2D eigenvalue weighted by Gasteiger charge is -2.26. The number of benzene rings is 1. The predicted molar refractivity (Wildman–Crippen MR) is 77.7 cm³/mol. The van der Waals surface area contributed by atoms with E-state index in [0.29, 0.717) is 0 Å². The minimum Gasteiger partial charge on any atom is -0.256 e. The molecule has 0 radical (unpaired) electrons. The third kappa shape index (κ3) is 2.45. The van der Waals surface area contributed by atoms with Crippen molar-refractivity contribution in [2.45, 2.75) is 39.5 Å². The van der Waals surface area contributed by atoms with Crippen LogP contribution in [0.1, 0.15) is 38.3 Å². The van der Waals surface area contributed by atoms with Crippen LogP contribution in [0.15, 0.2) is 42.6 Å². The van der Waals surface area contributed by atoms with Crippen LogP contribution in [0.4, 0.5) is 0 Å². The minimum atomic E-state index is 0.179. The lowest BCUT2D eigenvalue weighted by atomic mass is 9.78. The van der Waals surface area contributed by atoms with Crippen molar-refractivity contribution in [2.75, 3.05) is 0 Å². The molecule has 1 aromatic carbocycles. The van der Waals surface area contributed by atoms with E-state index in [0.717, 1.165) is 12.1 Å². The molecular formula is C17H21N. The molecule has 0 bridgehead atoms. The van der Waals surface area contributed by atoms with E-state index in [2.05, 4.69) is 56.9 Å². The van der Waals surface area contributed by atoms with Crippen molar-refractivity contribution in [3.8, 4) is 11.3 Å². The molecule has 1 heterocycles. The van der Waals surface area contributed by atoms with E-state index in [9.17, 15) is 0 Å². The van der Waals surface area contributed by atoms with Crippen LogP contribution in [0.5, 0.6) is 0 Å². The number of aryl methyl sites for hydroxylation is 1.